The molecule has 5 rings (SSSR count). The molecule has 0 spiro atoms. The molecule has 10 nitrogen and oxygen atoms in total. The van der Waals surface area contributed by atoms with Crippen LogP contribution in [0.2, 0.25) is 0 Å². The number of imidazole rings is 1. The number of nitrogens with zero attached hydrogens (tertiary/aromatic N) is 2. The van der Waals surface area contributed by atoms with Crippen LogP contribution in [0.25, 0.3) is 39.8 Å². The van der Waals surface area contributed by atoms with E-state index in [2.05, 4.69) is 25.3 Å². The highest BCUT2D eigenvalue weighted by Gasteiger charge is 2.26. The first-order valence-electron chi connectivity index (χ1n) is 10.1. The number of fused-ring (bicyclic) bond motifs is 1. The van der Waals surface area contributed by atoms with E-state index in [4.69, 9.17) is 9.47 Å². The summed E-state index contributed by atoms with van der Waals surface area (Å²) >= 11 is 0. The van der Waals surface area contributed by atoms with Crippen LogP contribution in [-0.4, -0.2) is 38.5 Å². The molecule has 1 aliphatic heterocycles. The second kappa shape index (κ2) is 8.08. The van der Waals surface area contributed by atoms with Crippen molar-refractivity contribution in [2.24, 2.45) is 0 Å². The van der Waals surface area contributed by atoms with Crippen LogP contribution in [0.1, 0.15) is 12.5 Å². The highest BCUT2D eigenvalue weighted by atomic mass is 16.6. The number of amides is 2. The third-order valence-electron chi connectivity index (χ3n) is 4.99. The first kappa shape index (κ1) is 20.2. The van der Waals surface area contributed by atoms with E-state index in [1.807, 2.05) is 43.3 Å². The zero-order chi connectivity index (χ0) is 22.9. The molecular formula is C23H17N5O5. The van der Waals surface area contributed by atoms with E-state index in [-0.39, 0.29) is 11.3 Å². The number of carbonyl (C=O) groups is 2. The van der Waals surface area contributed by atoms with Gasteiger partial charge in [0.05, 0.1) is 18.5 Å². The molecule has 0 radical (unpaired) electrons. The summed E-state index contributed by atoms with van der Waals surface area (Å²) in [6.07, 6.45) is 2.12. The molecule has 0 bridgehead atoms. The average Bonchev–Trinajstić information content (AvgIpc) is 3.40. The topological polar surface area (TPSA) is 139 Å². The minimum Gasteiger partial charge on any atom is -0.493 e. The van der Waals surface area contributed by atoms with Crippen molar-refractivity contribution in [2.45, 2.75) is 6.92 Å². The van der Waals surface area contributed by atoms with Gasteiger partial charge in [0.1, 0.15) is 11.6 Å². The number of alkyl carbamates (subject to hydrolysis) is 1. The molecule has 1 saturated heterocycles. The van der Waals surface area contributed by atoms with Crippen molar-refractivity contribution in [3.8, 4) is 28.3 Å². The number of hydrogen-bond donors (Lipinski definition) is 3. The number of benzene rings is 2. The Hall–Kier alpha value is -4.73. The maximum atomic E-state index is 12.3. The van der Waals surface area contributed by atoms with Crippen molar-refractivity contribution in [1.29, 1.82) is 0 Å². The molecule has 1 fully saturated rings. The molecule has 0 unspecified atom stereocenters. The van der Waals surface area contributed by atoms with Gasteiger partial charge in [-0.25, -0.2) is 14.8 Å². The van der Waals surface area contributed by atoms with Gasteiger partial charge in [0.15, 0.2) is 16.9 Å². The summed E-state index contributed by atoms with van der Waals surface area (Å²) in [5.74, 6) is 0.248. The van der Waals surface area contributed by atoms with Crippen molar-refractivity contribution < 1.29 is 19.1 Å². The first-order valence-corrected chi connectivity index (χ1v) is 10.1. The maximum Gasteiger partial charge on any atom is 0.419 e. The number of imide groups is 1. The zero-order valence-corrected chi connectivity index (χ0v) is 17.3. The van der Waals surface area contributed by atoms with Crippen LogP contribution >= 0.6 is 0 Å². The Bertz CT molecular complexity index is 1500. The monoisotopic (exact) mass is 443 g/mol. The minimum atomic E-state index is -0.793. The molecule has 3 heterocycles. The normalized spacial score (nSPS) is 14.5. The Morgan fingerprint density at radius 1 is 1.09 bits per heavy atom. The quantitative estimate of drug-likeness (QED) is 0.403. The molecule has 10 heteroatoms. The minimum absolute atomic E-state index is 0.0636. The summed E-state index contributed by atoms with van der Waals surface area (Å²) in [6, 6.07) is 12.9. The fourth-order valence-electron chi connectivity index (χ4n) is 3.52. The summed E-state index contributed by atoms with van der Waals surface area (Å²) in [5.41, 5.74) is 3.30. The Kier molecular flexibility index (Phi) is 4.94. The van der Waals surface area contributed by atoms with E-state index in [0.717, 1.165) is 11.1 Å². The van der Waals surface area contributed by atoms with Crippen molar-refractivity contribution in [2.75, 3.05) is 6.61 Å². The fourth-order valence-corrected chi connectivity index (χ4v) is 3.52. The van der Waals surface area contributed by atoms with Gasteiger partial charge >= 0.3 is 6.09 Å². The number of nitrogens with one attached hydrogen (secondary N) is 3. The standard InChI is InChI=1S/C23H17N5O5/c1-2-32-16-10-14(6-7-15(16)19-26-20-18(22(30)27-19)24-11-25-20)13-5-3-4-12(8-13)9-17-21(29)28-23(31)33-17/h3-11H,2H2,1H3,(H,28,29,31)(H2,24,25,26,27,30)/b17-9-. The predicted octanol–water partition coefficient (Wildman–Crippen LogP) is 2.99. The van der Waals surface area contributed by atoms with E-state index in [1.54, 1.807) is 6.07 Å². The number of rotatable bonds is 5. The first-order chi connectivity index (χ1) is 16.0. The molecule has 2 aromatic carbocycles. The van der Waals surface area contributed by atoms with Crippen LogP contribution in [0, 0.1) is 0 Å². The Labute approximate surface area is 186 Å². The number of H-pyrrole nitrogens is 2. The smallest absolute Gasteiger partial charge is 0.419 e. The van der Waals surface area contributed by atoms with Crippen LogP contribution in [0.3, 0.4) is 0 Å². The molecule has 2 aromatic heterocycles. The summed E-state index contributed by atoms with van der Waals surface area (Å²) in [4.78, 5) is 49.3. The highest BCUT2D eigenvalue weighted by Crippen LogP contribution is 2.33. The van der Waals surface area contributed by atoms with Gasteiger partial charge < -0.3 is 19.4 Å². The summed E-state index contributed by atoms with van der Waals surface area (Å²) < 4.78 is 10.7. The Morgan fingerprint density at radius 2 is 1.94 bits per heavy atom. The number of ether oxygens (including phenoxy) is 2. The van der Waals surface area contributed by atoms with Gasteiger partial charge in [-0.3, -0.25) is 14.9 Å². The molecule has 0 aliphatic carbocycles. The van der Waals surface area contributed by atoms with Gasteiger partial charge in [0, 0.05) is 0 Å². The average molecular weight is 443 g/mol. The largest absolute Gasteiger partial charge is 0.493 e. The van der Waals surface area contributed by atoms with Crippen LogP contribution in [0.5, 0.6) is 5.75 Å². The number of aromatic nitrogens is 4. The van der Waals surface area contributed by atoms with Gasteiger partial charge in [0.25, 0.3) is 11.5 Å². The van der Waals surface area contributed by atoms with E-state index >= 15 is 0 Å². The SMILES string of the molecule is CCOc1cc(-c2cccc(/C=C3\OC(=O)NC3=O)c2)ccc1-c1nc2nc[nH]c2c(=O)[nH]1. The van der Waals surface area contributed by atoms with Crippen molar-refractivity contribution in [3.05, 3.63) is 70.5 Å². The highest BCUT2D eigenvalue weighted by molar-refractivity contribution is 6.09. The summed E-state index contributed by atoms with van der Waals surface area (Å²) in [5, 5.41) is 2.07. The molecule has 164 valence electrons. The maximum absolute atomic E-state index is 12.3. The molecule has 0 atom stereocenters. The van der Waals surface area contributed by atoms with Crippen LogP contribution in [0.15, 0.2) is 59.3 Å². The Balaban J connectivity index is 1.54. The van der Waals surface area contributed by atoms with Crippen molar-refractivity contribution in [3.63, 3.8) is 0 Å². The van der Waals surface area contributed by atoms with Gasteiger partial charge in [0.2, 0.25) is 0 Å². The number of cyclic esters (lactones) is 1. The molecule has 33 heavy (non-hydrogen) atoms. The fraction of sp³-hybridized carbons (Fsp3) is 0.0870. The van der Waals surface area contributed by atoms with Crippen LogP contribution in [0.4, 0.5) is 4.79 Å². The van der Waals surface area contributed by atoms with E-state index in [1.165, 1.54) is 12.4 Å². The third-order valence-corrected chi connectivity index (χ3v) is 4.99. The molecule has 3 N–H and O–H groups in total. The van der Waals surface area contributed by atoms with Gasteiger partial charge in [-0.2, -0.15) is 0 Å². The predicted molar refractivity (Wildman–Crippen MR) is 119 cm³/mol. The van der Waals surface area contributed by atoms with Crippen LogP contribution < -0.4 is 15.6 Å². The third kappa shape index (κ3) is 3.85. The van der Waals surface area contributed by atoms with E-state index in [9.17, 15) is 14.4 Å². The van der Waals surface area contributed by atoms with Crippen LogP contribution in [-0.2, 0) is 9.53 Å². The summed E-state index contributed by atoms with van der Waals surface area (Å²) in [7, 11) is 0. The molecule has 4 aromatic rings. The van der Waals surface area contributed by atoms with E-state index < -0.39 is 12.0 Å². The van der Waals surface area contributed by atoms with Crippen molar-refractivity contribution >= 4 is 29.2 Å². The van der Waals surface area contributed by atoms with Gasteiger partial charge in [-0.05, 0) is 47.9 Å². The molecular weight excluding hydrogens is 426 g/mol. The lowest BCUT2D eigenvalue weighted by Crippen LogP contribution is -2.18. The van der Waals surface area contributed by atoms with Gasteiger partial charge in [-0.15, -0.1) is 0 Å². The number of aromatic amines is 2. The lowest BCUT2D eigenvalue weighted by Gasteiger charge is -2.12. The Morgan fingerprint density at radius 3 is 2.73 bits per heavy atom. The lowest BCUT2D eigenvalue weighted by atomic mass is 10.0. The second-order valence-corrected chi connectivity index (χ2v) is 7.14. The summed E-state index contributed by atoms with van der Waals surface area (Å²) in [6.45, 7) is 2.28. The molecule has 0 saturated carbocycles. The van der Waals surface area contributed by atoms with E-state index in [0.29, 0.717) is 40.5 Å². The molecule has 1 aliphatic rings. The number of hydrogen-bond acceptors (Lipinski definition) is 7. The van der Waals surface area contributed by atoms with Crippen molar-refractivity contribution in [1.82, 2.24) is 25.3 Å². The second-order valence-electron chi connectivity index (χ2n) is 7.14. The van der Waals surface area contributed by atoms with Gasteiger partial charge in [-0.1, -0.05) is 24.3 Å². The molecule has 2 amide bonds. The zero-order valence-electron chi connectivity index (χ0n) is 17.3. The number of carbonyl (C=O) groups excluding carboxylic acids is 2. The lowest BCUT2D eigenvalue weighted by molar-refractivity contribution is -0.116.